The number of nitrogens with zero attached hydrogens (tertiary/aromatic N) is 1. The standard InChI is InChI=1S/C12H15ClN2O3/c1-12(2,3)18-11(17)7-5-9(13)15-6-8(7)10(16)14-4/h5-6H,1-4H3,(H,14,16). The Balaban J connectivity index is 3.17. The molecule has 0 aliphatic heterocycles. The summed E-state index contributed by atoms with van der Waals surface area (Å²) in [6.45, 7) is 5.23. The molecular weight excluding hydrogens is 256 g/mol. The molecule has 6 heteroatoms. The van der Waals surface area contributed by atoms with Crippen molar-refractivity contribution >= 4 is 23.5 Å². The Morgan fingerprint density at radius 1 is 1.33 bits per heavy atom. The molecule has 0 saturated carbocycles. The Hall–Kier alpha value is -1.62. The van der Waals surface area contributed by atoms with Crippen molar-refractivity contribution in [3.63, 3.8) is 0 Å². The van der Waals surface area contributed by atoms with Crippen molar-refractivity contribution in [3.8, 4) is 0 Å². The van der Waals surface area contributed by atoms with Crippen LogP contribution in [0, 0.1) is 0 Å². The molecule has 0 aromatic carbocycles. The molecule has 1 N–H and O–H groups in total. The lowest BCUT2D eigenvalue weighted by atomic mass is 10.1. The first-order valence-electron chi connectivity index (χ1n) is 5.35. The predicted molar refractivity (Wildman–Crippen MR) is 67.8 cm³/mol. The van der Waals surface area contributed by atoms with Gasteiger partial charge in [-0.1, -0.05) is 11.6 Å². The molecule has 0 saturated heterocycles. The fourth-order valence-corrected chi connectivity index (χ4v) is 1.41. The average molecular weight is 271 g/mol. The van der Waals surface area contributed by atoms with Crippen LogP contribution in [0.15, 0.2) is 12.3 Å². The van der Waals surface area contributed by atoms with Crippen LogP contribution in [0.4, 0.5) is 0 Å². The van der Waals surface area contributed by atoms with Crippen LogP contribution in [0.1, 0.15) is 41.5 Å². The quantitative estimate of drug-likeness (QED) is 0.660. The number of pyridine rings is 1. The van der Waals surface area contributed by atoms with Crippen molar-refractivity contribution in [1.82, 2.24) is 10.3 Å². The minimum absolute atomic E-state index is 0.101. The molecule has 0 spiro atoms. The van der Waals surface area contributed by atoms with Gasteiger partial charge in [0.15, 0.2) is 0 Å². The Kier molecular flexibility index (Phi) is 4.29. The van der Waals surface area contributed by atoms with E-state index in [4.69, 9.17) is 16.3 Å². The topological polar surface area (TPSA) is 68.3 Å². The van der Waals surface area contributed by atoms with Crippen molar-refractivity contribution in [2.75, 3.05) is 7.05 Å². The van der Waals surface area contributed by atoms with Crippen molar-refractivity contribution < 1.29 is 14.3 Å². The Morgan fingerprint density at radius 2 is 1.94 bits per heavy atom. The van der Waals surface area contributed by atoms with Crippen molar-refractivity contribution in [1.29, 1.82) is 0 Å². The van der Waals surface area contributed by atoms with E-state index >= 15 is 0 Å². The summed E-state index contributed by atoms with van der Waals surface area (Å²) in [4.78, 5) is 27.4. The first kappa shape index (κ1) is 14.4. The van der Waals surface area contributed by atoms with Gasteiger partial charge in [0.2, 0.25) is 0 Å². The van der Waals surface area contributed by atoms with Gasteiger partial charge in [-0.25, -0.2) is 9.78 Å². The van der Waals surface area contributed by atoms with Gasteiger partial charge in [0.1, 0.15) is 10.8 Å². The summed E-state index contributed by atoms with van der Waals surface area (Å²) < 4.78 is 5.21. The zero-order valence-corrected chi connectivity index (χ0v) is 11.5. The van der Waals surface area contributed by atoms with Crippen LogP contribution in [0.3, 0.4) is 0 Å². The van der Waals surface area contributed by atoms with E-state index in [-0.39, 0.29) is 16.3 Å². The fourth-order valence-electron chi connectivity index (χ4n) is 1.25. The highest BCUT2D eigenvalue weighted by atomic mass is 35.5. The molecule has 98 valence electrons. The number of esters is 1. The molecule has 18 heavy (non-hydrogen) atoms. The molecule has 0 aliphatic rings. The molecule has 1 rings (SSSR count). The van der Waals surface area contributed by atoms with Gasteiger partial charge in [-0.15, -0.1) is 0 Å². The molecular formula is C12H15ClN2O3. The lowest BCUT2D eigenvalue weighted by Gasteiger charge is -2.20. The molecule has 0 bridgehead atoms. The summed E-state index contributed by atoms with van der Waals surface area (Å²) in [5, 5.41) is 2.56. The Labute approximate surface area is 110 Å². The van der Waals surface area contributed by atoms with Crippen LogP contribution in [0.5, 0.6) is 0 Å². The average Bonchev–Trinajstić information content (AvgIpc) is 2.25. The number of nitrogens with one attached hydrogen (secondary N) is 1. The van der Waals surface area contributed by atoms with E-state index < -0.39 is 17.5 Å². The fraction of sp³-hybridized carbons (Fsp3) is 0.417. The third kappa shape index (κ3) is 3.70. The molecule has 0 unspecified atom stereocenters. The summed E-state index contributed by atoms with van der Waals surface area (Å²) in [5.74, 6) is -1.02. The van der Waals surface area contributed by atoms with E-state index in [1.165, 1.54) is 19.3 Å². The van der Waals surface area contributed by atoms with E-state index in [1.54, 1.807) is 20.8 Å². The maximum absolute atomic E-state index is 12.0. The summed E-state index contributed by atoms with van der Waals surface area (Å²) in [6.07, 6.45) is 1.25. The van der Waals surface area contributed by atoms with Crippen molar-refractivity contribution in [3.05, 3.63) is 28.5 Å². The van der Waals surface area contributed by atoms with Crippen LogP contribution in [-0.2, 0) is 4.74 Å². The van der Waals surface area contributed by atoms with Crippen molar-refractivity contribution in [2.45, 2.75) is 26.4 Å². The van der Waals surface area contributed by atoms with Gasteiger partial charge < -0.3 is 10.1 Å². The first-order valence-corrected chi connectivity index (χ1v) is 5.73. The van der Waals surface area contributed by atoms with E-state index in [0.717, 1.165) is 0 Å². The molecule has 1 aromatic heterocycles. The highest BCUT2D eigenvalue weighted by Crippen LogP contribution is 2.18. The largest absolute Gasteiger partial charge is 0.456 e. The number of hydrogen-bond acceptors (Lipinski definition) is 4. The minimum Gasteiger partial charge on any atom is -0.456 e. The summed E-state index contributed by atoms with van der Waals surface area (Å²) >= 11 is 5.73. The monoisotopic (exact) mass is 270 g/mol. The van der Waals surface area contributed by atoms with Gasteiger partial charge in [-0.2, -0.15) is 0 Å². The lowest BCUT2D eigenvalue weighted by Crippen LogP contribution is -2.27. The van der Waals surface area contributed by atoms with Gasteiger partial charge >= 0.3 is 5.97 Å². The highest BCUT2D eigenvalue weighted by Gasteiger charge is 2.23. The maximum Gasteiger partial charge on any atom is 0.339 e. The molecule has 1 aromatic rings. The maximum atomic E-state index is 12.0. The number of carbonyl (C=O) groups is 2. The number of hydrogen-bond donors (Lipinski definition) is 1. The number of halogens is 1. The number of amides is 1. The molecule has 0 fully saturated rings. The van der Waals surface area contributed by atoms with Gasteiger partial charge in [0.25, 0.3) is 5.91 Å². The van der Waals surface area contributed by atoms with E-state index in [9.17, 15) is 9.59 Å². The van der Waals surface area contributed by atoms with Gasteiger partial charge in [0.05, 0.1) is 11.1 Å². The lowest BCUT2D eigenvalue weighted by molar-refractivity contribution is 0.00675. The van der Waals surface area contributed by atoms with Gasteiger partial charge in [-0.3, -0.25) is 4.79 Å². The summed E-state index contributed by atoms with van der Waals surface area (Å²) in [5.41, 5.74) is -0.410. The second-order valence-electron chi connectivity index (χ2n) is 4.63. The van der Waals surface area contributed by atoms with E-state index in [1.807, 2.05) is 0 Å². The SMILES string of the molecule is CNC(=O)c1cnc(Cl)cc1C(=O)OC(C)(C)C. The first-order chi connectivity index (χ1) is 8.24. The molecule has 1 amide bonds. The molecule has 0 radical (unpaired) electrons. The smallest absolute Gasteiger partial charge is 0.339 e. The zero-order chi connectivity index (χ0) is 13.9. The Bertz CT molecular complexity index is 481. The van der Waals surface area contributed by atoms with Gasteiger partial charge in [-0.05, 0) is 26.8 Å². The summed E-state index contributed by atoms with van der Waals surface area (Å²) in [6, 6.07) is 1.32. The van der Waals surface area contributed by atoms with Crippen LogP contribution in [-0.4, -0.2) is 29.5 Å². The molecule has 0 aliphatic carbocycles. The Morgan fingerprint density at radius 3 is 2.44 bits per heavy atom. The molecule has 5 nitrogen and oxygen atoms in total. The molecule has 0 atom stereocenters. The molecule has 1 heterocycles. The van der Waals surface area contributed by atoms with E-state index in [0.29, 0.717) is 0 Å². The van der Waals surface area contributed by atoms with Crippen LogP contribution < -0.4 is 5.32 Å². The number of aromatic nitrogens is 1. The predicted octanol–water partition coefficient (Wildman–Crippen LogP) is 2.05. The van der Waals surface area contributed by atoms with E-state index in [2.05, 4.69) is 10.3 Å². The summed E-state index contributed by atoms with van der Waals surface area (Å²) in [7, 11) is 1.47. The van der Waals surface area contributed by atoms with Crippen LogP contribution in [0.25, 0.3) is 0 Å². The number of ether oxygens (including phenoxy) is 1. The third-order valence-electron chi connectivity index (χ3n) is 1.96. The van der Waals surface area contributed by atoms with Crippen LogP contribution >= 0.6 is 11.6 Å². The second-order valence-corrected chi connectivity index (χ2v) is 5.02. The number of carbonyl (C=O) groups excluding carboxylic acids is 2. The minimum atomic E-state index is -0.646. The zero-order valence-electron chi connectivity index (χ0n) is 10.7. The normalized spacial score (nSPS) is 10.9. The van der Waals surface area contributed by atoms with Gasteiger partial charge in [0, 0.05) is 13.2 Å². The second kappa shape index (κ2) is 5.35. The number of rotatable bonds is 2. The van der Waals surface area contributed by atoms with Crippen molar-refractivity contribution in [2.24, 2.45) is 0 Å². The third-order valence-corrected chi connectivity index (χ3v) is 2.17. The highest BCUT2D eigenvalue weighted by molar-refractivity contribution is 6.30. The van der Waals surface area contributed by atoms with Crippen LogP contribution in [0.2, 0.25) is 5.15 Å².